The van der Waals surface area contributed by atoms with Gasteiger partial charge in [0.1, 0.15) is 5.15 Å². The van der Waals surface area contributed by atoms with E-state index in [1.165, 1.54) is 19.3 Å². The molecule has 1 N–H and O–H groups in total. The zero-order chi connectivity index (χ0) is 10.8. The van der Waals surface area contributed by atoms with Gasteiger partial charge in [-0.25, -0.2) is 4.98 Å². The fourth-order valence-corrected chi connectivity index (χ4v) is 2.98. The smallest absolute Gasteiger partial charge is 0.184 e. The van der Waals surface area contributed by atoms with E-state index in [1.807, 2.05) is 5.38 Å². The zero-order valence-electron chi connectivity index (χ0n) is 9.16. The van der Waals surface area contributed by atoms with E-state index in [-0.39, 0.29) is 0 Å². The maximum Gasteiger partial charge on any atom is 0.184 e. The summed E-state index contributed by atoms with van der Waals surface area (Å²) in [7, 11) is 0. The number of aromatic nitrogens is 1. The molecule has 1 aromatic heterocycles. The van der Waals surface area contributed by atoms with E-state index in [0.717, 1.165) is 11.0 Å². The molecule has 15 heavy (non-hydrogen) atoms. The van der Waals surface area contributed by atoms with Gasteiger partial charge >= 0.3 is 0 Å². The molecule has 1 aromatic rings. The van der Waals surface area contributed by atoms with Crippen LogP contribution in [-0.2, 0) is 0 Å². The summed E-state index contributed by atoms with van der Waals surface area (Å²) < 4.78 is 0. The van der Waals surface area contributed by atoms with Crippen LogP contribution in [0.4, 0.5) is 5.13 Å². The minimum Gasteiger partial charge on any atom is -0.358 e. The Bertz CT molecular complexity index is 320. The summed E-state index contributed by atoms with van der Waals surface area (Å²) in [6.07, 6.45) is 4.10. The molecule has 1 unspecified atom stereocenters. The molecule has 4 heteroatoms. The molecule has 2 rings (SSSR count). The molecule has 0 aliphatic heterocycles. The summed E-state index contributed by atoms with van der Waals surface area (Å²) in [5.74, 6) is 1.48. The number of hydrogen-bond acceptors (Lipinski definition) is 3. The van der Waals surface area contributed by atoms with Crippen molar-refractivity contribution in [3.05, 3.63) is 10.5 Å². The highest BCUT2D eigenvalue weighted by atomic mass is 35.5. The van der Waals surface area contributed by atoms with Gasteiger partial charge in [0.05, 0.1) is 0 Å². The normalized spacial score (nSPS) is 18.9. The van der Waals surface area contributed by atoms with Crippen molar-refractivity contribution in [2.45, 2.75) is 39.2 Å². The fraction of sp³-hybridized carbons (Fsp3) is 0.727. The van der Waals surface area contributed by atoms with Gasteiger partial charge in [-0.15, -0.1) is 11.3 Å². The second-order valence-electron chi connectivity index (χ2n) is 4.58. The molecule has 1 fully saturated rings. The summed E-state index contributed by atoms with van der Waals surface area (Å²) in [5.41, 5.74) is 0. The minimum absolute atomic E-state index is 0.556. The van der Waals surface area contributed by atoms with Crippen LogP contribution in [-0.4, -0.2) is 11.0 Å². The topological polar surface area (TPSA) is 24.9 Å². The van der Waals surface area contributed by atoms with Crippen LogP contribution in [0.3, 0.4) is 0 Å². The molecule has 84 valence electrons. The van der Waals surface area contributed by atoms with E-state index < -0.39 is 0 Å². The molecule has 1 saturated carbocycles. The molecule has 0 amide bonds. The first-order chi connectivity index (χ1) is 7.16. The Morgan fingerprint density at radius 2 is 2.27 bits per heavy atom. The third-order valence-corrected chi connectivity index (χ3v) is 4.24. The van der Waals surface area contributed by atoms with Crippen molar-refractivity contribution in [1.29, 1.82) is 0 Å². The molecular weight excluding hydrogens is 228 g/mol. The molecule has 1 heterocycles. The molecule has 0 radical (unpaired) electrons. The van der Waals surface area contributed by atoms with Gasteiger partial charge < -0.3 is 5.32 Å². The van der Waals surface area contributed by atoms with Crippen molar-refractivity contribution in [3.63, 3.8) is 0 Å². The van der Waals surface area contributed by atoms with Gasteiger partial charge in [-0.05, 0) is 24.7 Å². The summed E-state index contributed by atoms with van der Waals surface area (Å²) in [4.78, 5) is 4.25. The summed E-state index contributed by atoms with van der Waals surface area (Å²) >= 11 is 7.40. The lowest BCUT2D eigenvalue weighted by Crippen LogP contribution is -2.37. The Kier molecular flexibility index (Phi) is 3.52. The summed E-state index contributed by atoms with van der Waals surface area (Å²) in [5, 5.41) is 6.96. The number of hydrogen-bond donors (Lipinski definition) is 1. The largest absolute Gasteiger partial charge is 0.358 e. The number of halogens is 1. The van der Waals surface area contributed by atoms with Crippen molar-refractivity contribution < 1.29 is 0 Å². The van der Waals surface area contributed by atoms with E-state index >= 15 is 0 Å². The zero-order valence-corrected chi connectivity index (χ0v) is 10.7. The van der Waals surface area contributed by atoms with Gasteiger partial charge in [0, 0.05) is 11.4 Å². The summed E-state index contributed by atoms with van der Waals surface area (Å²) in [6, 6.07) is 0.556. The Morgan fingerprint density at radius 3 is 2.67 bits per heavy atom. The standard InChI is InChI=1S/C11H17ClN2S/c1-7(2)10(8-4-3-5-8)14-11-13-9(12)6-15-11/h6-8,10H,3-5H2,1-2H3,(H,13,14). The van der Waals surface area contributed by atoms with Gasteiger partial charge in [-0.2, -0.15) is 0 Å². The van der Waals surface area contributed by atoms with Crippen LogP contribution in [0.2, 0.25) is 5.15 Å². The maximum absolute atomic E-state index is 5.81. The highest BCUT2D eigenvalue weighted by Crippen LogP contribution is 2.35. The molecule has 0 aromatic carbocycles. The highest BCUT2D eigenvalue weighted by molar-refractivity contribution is 7.14. The Hall–Kier alpha value is -0.280. The molecule has 1 aliphatic rings. The van der Waals surface area contributed by atoms with Crippen LogP contribution in [0.25, 0.3) is 0 Å². The van der Waals surface area contributed by atoms with Crippen molar-refractivity contribution in [3.8, 4) is 0 Å². The van der Waals surface area contributed by atoms with E-state index in [9.17, 15) is 0 Å². The van der Waals surface area contributed by atoms with Crippen LogP contribution in [0.5, 0.6) is 0 Å². The second-order valence-corrected chi connectivity index (χ2v) is 5.83. The van der Waals surface area contributed by atoms with Gasteiger partial charge in [-0.1, -0.05) is 31.9 Å². The molecule has 1 atom stereocenters. The number of thiazole rings is 1. The third kappa shape index (κ3) is 2.64. The number of anilines is 1. The Labute approximate surface area is 100 Å². The quantitative estimate of drug-likeness (QED) is 0.865. The number of nitrogens with zero attached hydrogens (tertiary/aromatic N) is 1. The average Bonchev–Trinajstić information content (AvgIpc) is 2.47. The van der Waals surface area contributed by atoms with Gasteiger partial charge in [-0.3, -0.25) is 0 Å². The molecule has 2 nitrogen and oxygen atoms in total. The Balaban J connectivity index is 1.99. The highest BCUT2D eigenvalue weighted by Gasteiger charge is 2.29. The van der Waals surface area contributed by atoms with Gasteiger partial charge in [0.15, 0.2) is 5.13 Å². The predicted octanol–water partition coefficient (Wildman–Crippen LogP) is 4.03. The monoisotopic (exact) mass is 244 g/mol. The van der Waals surface area contributed by atoms with Crippen LogP contribution >= 0.6 is 22.9 Å². The minimum atomic E-state index is 0.556. The maximum atomic E-state index is 5.81. The lowest BCUT2D eigenvalue weighted by atomic mass is 9.76. The first kappa shape index (κ1) is 11.2. The van der Waals surface area contributed by atoms with Crippen LogP contribution < -0.4 is 5.32 Å². The van der Waals surface area contributed by atoms with Gasteiger partial charge in [0.25, 0.3) is 0 Å². The van der Waals surface area contributed by atoms with Crippen LogP contribution in [0.1, 0.15) is 33.1 Å². The van der Waals surface area contributed by atoms with Crippen molar-refractivity contribution in [2.75, 3.05) is 5.32 Å². The predicted molar refractivity (Wildman–Crippen MR) is 66.7 cm³/mol. The van der Waals surface area contributed by atoms with E-state index in [2.05, 4.69) is 24.1 Å². The SMILES string of the molecule is CC(C)C(Nc1nc(Cl)cs1)C1CCC1. The molecule has 0 saturated heterocycles. The first-order valence-electron chi connectivity index (χ1n) is 5.54. The Morgan fingerprint density at radius 1 is 1.53 bits per heavy atom. The van der Waals surface area contributed by atoms with E-state index in [1.54, 1.807) is 11.3 Å². The van der Waals surface area contributed by atoms with Crippen LogP contribution in [0, 0.1) is 11.8 Å². The molecule has 0 spiro atoms. The first-order valence-corrected chi connectivity index (χ1v) is 6.80. The van der Waals surface area contributed by atoms with Crippen molar-refractivity contribution in [2.24, 2.45) is 11.8 Å². The van der Waals surface area contributed by atoms with E-state index in [0.29, 0.717) is 17.1 Å². The molecular formula is C11H17ClN2S. The molecule has 1 aliphatic carbocycles. The van der Waals surface area contributed by atoms with E-state index in [4.69, 9.17) is 11.6 Å². The third-order valence-electron chi connectivity index (χ3n) is 3.14. The second kappa shape index (κ2) is 4.71. The van der Waals surface area contributed by atoms with Crippen LogP contribution in [0.15, 0.2) is 5.38 Å². The fourth-order valence-electron chi connectivity index (χ4n) is 2.09. The molecule has 0 bridgehead atoms. The average molecular weight is 245 g/mol. The lowest BCUT2D eigenvalue weighted by Gasteiger charge is -2.36. The van der Waals surface area contributed by atoms with Crippen molar-refractivity contribution in [1.82, 2.24) is 4.98 Å². The number of rotatable bonds is 4. The van der Waals surface area contributed by atoms with Gasteiger partial charge in [0.2, 0.25) is 0 Å². The van der Waals surface area contributed by atoms with Crippen molar-refractivity contribution >= 4 is 28.1 Å². The lowest BCUT2D eigenvalue weighted by molar-refractivity contribution is 0.237. The summed E-state index contributed by atoms with van der Waals surface area (Å²) in [6.45, 7) is 4.54. The number of nitrogens with one attached hydrogen (secondary N) is 1.